The average molecular weight is 494 g/mol. The van der Waals surface area contributed by atoms with E-state index in [4.69, 9.17) is 4.74 Å². The Labute approximate surface area is 179 Å². The second-order valence-corrected chi connectivity index (χ2v) is 7.88. The Morgan fingerprint density at radius 3 is 2.65 bits per heavy atom. The van der Waals surface area contributed by atoms with Crippen molar-refractivity contribution in [3.8, 4) is 0 Å². The second kappa shape index (κ2) is 13.7. The molecule has 0 spiro atoms. The summed E-state index contributed by atoms with van der Waals surface area (Å²) in [5, 5.41) is 10.1. The number of ether oxygens (including phenoxy) is 1. The standard InChI is InChI=1S/C19H34N4OS.HI/c1-15(2)18-23-16(14-25-18)10-12-22-19(20-3)21-11-7-13-24-17-8-5-4-6-9-17;/h14-15,17H,4-13H2,1-3H3,(H2,20,21,22);1H. The smallest absolute Gasteiger partial charge is 0.190 e. The summed E-state index contributed by atoms with van der Waals surface area (Å²) >= 11 is 1.75. The van der Waals surface area contributed by atoms with E-state index in [1.807, 2.05) is 7.05 Å². The molecule has 5 nitrogen and oxygen atoms in total. The minimum atomic E-state index is 0. The molecule has 150 valence electrons. The van der Waals surface area contributed by atoms with Crippen LogP contribution in [0.2, 0.25) is 0 Å². The topological polar surface area (TPSA) is 58.5 Å². The Hall–Kier alpha value is -0.410. The van der Waals surface area contributed by atoms with Gasteiger partial charge in [-0.2, -0.15) is 0 Å². The third kappa shape index (κ3) is 8.99. The molecule has 1 aliphatic carbocycles. The second-order valence-electron chi connectivity index (χ2n) is 6.99. The van der Waals surface area contributed by atoms with Crippen LogP contribution in [0, 0.1) is 0 Å². The van der Waals surface area contributed by atoms with Gasteiger partial charge < -0.3 is 15.4 Å². The highest BCUT2D eigenvalue weighted by Crippen LogP contribution is 2.20. The van der Waals surface area contributed by atoms with E-state index in [-0.39, 0.29) is 24.0 Å². The Kier molecular flexibility index (Phi) is 12.5. The highest BCUT2D eigenvalue weighted by Gasteiger charge is 2.13. The lowest BCUT2D eigenvalue weighted by molar-refractivity contribution is 0.0277. The van der Waals surface area contributed by atoms with Gasteiger partial charge in [0.2, 0.25) is 0 Å². The number of hydrogen-bond donors (Lipinski definition) is 2. The monoisotopic (exact) mass is 494 g/mol. The van der Waals surface area contributed by atoms with E-state index in [0.29, 0.717) is 12.0 Å². The largest absolute Gasteiger partial charge is 0.378 e. The molecule has 2 N–H and O–H groups in total. The van der Waals surface area contributed by atoms with Gasteiger partial charge in [0, 0.05) is 44.5 Å². The molecule has 0 unspecified atom stereocenters. The van der Waals surface area contributed by atoms with Crippen LogP contribution in [-0.2, 0) is 11.2 Å². The van der Waals surface area contributed by atoms with E-state index in [9.17, 15) is 0 Å². The van der Waals surface area contributed by atoms with Gasteiger partial charge in [-0.25, -0.2) is 4.98 Å². The van der Waals surface area contributed by atoms with Gasteiger partial charge in [0.15, 0.2) is 5.96 Å². The Bertz CT molecular complexity index is 515. The molecule has 1 fully saturated rings. The number of nitrogens with one attached hydrogen (secondary N) is 2. The minimum Gasteiger partial charge on any atom is -0.378 e. The van der Waals surface area contributed by atoms with E-state index < -0.39 is 0 Å². The summed E-state index contributed by atoms with van der Waals surface area (Å²) in [7, 11) is 1.81. The predicted octanol–water partition coefficient (Wildman–Crippen LogP) is 4.33. The lowest BCUT2D eigenvalue weighted by Crippen LogP contribution is -2.39. The van der Waals surface area contributed by atoms with Crippen molar-refractivity contribution in [2.24, 2.45) is 4.99 Å². The first-order valence-corrected chi connectivity index (χ1v) is 10.6. The molecule has 2 rings (SSSR count). The molecule has 1 aromatic heterocycles. The molecule has 1 aromatic rings. The number of hydrogen-bond acceptors (Lipinski definition) is 4. The van der Waals surface area contributed by atoms with E-state index in [0.717, 1.165) is 44.2 Å². The first-order valence-electron chi connectivity index (χ1n) is 9.69. The number of rotatable bonds is 9. The van der Waals surface area contributed by atoms with Crippen molar-refractivity contribution in [3.63, 3.8) is 0 Å². The fraction of sp³-hybridized carbons (Fsp3) is 0.789. The maximum absolute atomic E-state index is 5.95. The quantitative estimate of drug-likeness (QED) is 0.232. The predicted molar refractivity (Wildman–Crippen MR) is 122 cm³/mol. The number of guanidine groups is 1. The van der Waals surface area contributed by atoms with Crippen LogP contribution in [-0.4, -0.2) is 43.8 Å². The first-order chi connectivity index (χ1) is 12.2. The lowest BCUT2D eigenvalue weighted by atomic mass is 9.98. The highest BCUT2D eigenvalue weighted by molar-refractivity contribution is 14.0. The number of halogens is 1. The van der Waals surface area contributed by atoms with Crippen LogP contribution < -0.4 is 10.6 Å². The molecule has 1 aliphatic rings. The van der Waals surface area contributed by atoms with Gasteiger partial charge in [0.05, 0.1) is 16.8 Å². The summed E-state index contributed by atoms with van der Waals surface area (Å²) in [6.07, 6.45) is 8.96. The van der Waals surface area contributed by atoms with Gasteiger partial charge in [0.25, 0.3) is 0 Å². The van der Waals surface area contributed by atoms with Crippen LogP contribution in [0.1, 0.15) is 69.0 Å². The maximum Gasteiger partial charge on any atom is 0.190 e. The molecule has 0 aliphatic heterocycles. The van der Waals surface area contributed by atoms with Crippen LogP contribution in [0.5, 0.6) is 0 Å². The number of aliphatic imine (C=N–C) groups is 1. The van der Waals surface area contributed by atoms with E-state index >= 15 is 0 Å². The van der Waals surface area contributed by atoms with Gasteiger partial charge in [-0.3, -0.25) is 4.99 Å². The van der Waals surface area contributed by atoms with Crippen molar-refractivity contribution < 1.29 is 4.74 Å². The normalized spacial score (nSPS) is 15.8. The van der Waals surface area contributed by atoms with Gasteiger partial charge in [-0.05, 0) is 19.3 Å². The van der Waals surface area contributed by atoms with Crippen LogP contribution in [0.4, 0.5) is 0 Å². The van der Waals surface area contributed by atoms with Crippen molar-refractivity contribution in [1.82, 2.24) is 15.6 Å². The molecule has 0 radical (unpaired) electrons. The molecule has 0 saturated heterocycles. The zero-order valence-electron chi connectivity index (χ0n) is 16.4. The number of nitrogens with zero attached hydrogens (tertiary/aromatic N) is 2. The summed E-state index contributed by atoms with van der Waals surface area (Å²) in [4.78, 5) is 8.94. The van der Waals surface area contributed by atoms with Gasteiger partial charge >= 0.3 is 0 Å². The molecule has 26 heavy (non-hydrogen) atoms. The zero-order valence-corrected chi connectivity index (χ0v) is 19.6. The minimum absolute atomic E-state index is 0. The fourth-order valence-electron chi connectivity index (χ4n) is 2.99. The van der Waals surface area contributed by atoms with Crippen molar-refractivity contribution in [1.29, 1.82) is 0 Å². The van der Waals surface area contributed by atoms with E-state index in [2.05, 4.69) is 39.8 Å². The Morgan fingerprint density at radius 2 is 2.00 bits per heavy atom. The van der Waals surface area contributed by atoms with Crippen molar-refractivity contribution >= 4 is 41.3 Å². The summed E-state index contributed by atoms with van der Waals surface area (Å²) in [6, 6.07) is 0. The third-order valence-corrected chi connectivity index (χ3v) is 5.67. The van der Waals surface area contributed by atoms with E-state index in [1.54, 1.807) is 11.3 Å². The maximum atomic E-state index is 5.95. The van der Waals surface area contributed by atoms with E-state index in [1.165, 1.54) is 37.1 Å². The summed E-state index contributed by atoms with van der Waals surface area (Å²) in [5.74, 6) is 1.37. The number of aromatic nitrogens is 1. The Balaban J connectivity index is 0.00000338. The van der Waals surface area contributed by atoms with Crippen molar-refractivity contribution in [2.75, 3.05) is 26.7 Å². The van der Waals surface area contributed by atoms with Crippen molar-refractivity contribution in [2.45, 2.75) is 70.8 Å². The van der Waals surface area contributed by atoms with Crippen LogP contribution in [0.15, 0.2) is 10.4 Å². The van der Waals surface area contributed by atoms with Crippen LogP contribution in [0.3, 0.4) is 0 Å². The molecule has 0 atom stereocenters. The van der Waals surface area contributed by atoms with Gasteiger partial charge in [-0.1, -0.05) is 33.1 Å². The molecule has 1 heterocycles. The Morgan fingerprint density at radius 1 is 1.27 bits per heavy atom. The zero-order chi connectivity index (χ0) is 17.9. The van der Waals surface area contributed by atoms with Crippen molar-refractivity contribution in [3.05, 3.63) is 16.1 Å². The highest BCUT2D eigenvalue weighted by atomic mass is 127. The molecule has 0 bridgehead atoms. The van der Waals surface area contributed by atoms with Crippen LogP contribution in [0.25, 0.3) is 0 Å². The lowest BCUT2D eigenvalue weighted by Gasteiger charge is -2.22. The number of thiazole rings is 1. The summed E-state index contributed by atoms with van der Waals surface area (Å²) in [6.45, 7) is 6.95. The third-order valence-electron chi connectivity index (χ3n) is 4.48. The molecule has 1 saturated carbocycles. The van der Waals surface area contributed by atoms with Gasteiger partial charge in [0.1, 0.15) is 0 Å². The molecule has 7 heteroatoms. The molecule has 0 aromatic carbocycles. The summed E-state index contributed by atoms with van der Waals surface area (Å²) < 4.78 is 5.95. The SMILES string of the molecule is CN=C(NCCCOC1CCCCC1)NCCc1csc(C(C)C)n1.I. The van der Waals surface area contributed by atoms with Crippen LogP contribution >= 0.6 is 35.3 Å². The fourth-order valence-corrected chi connectivity index (χ4v) is 3.86. The molecular weight excluding hydrogens is 459 g/mol. The summed E-state index contributed by atoms with van der Waals surface area (Å²) in [5.41, 5.74) is 1.16. The van der Waals surface area contributed by atoms with Gasteiger partial charge in [-0.15, -0.1) is 35.3 Å². The molecule has 0 amide bonds. The first kappa shape index (κ1) is 23.6. The molecular formula is C19H35IN4OS. The average Bonchev–Trinajstić information content (AvgIpc) is 3.10.